The number of hydrogen-bond acceptors (Lipinski definition) is 1. The van der Waals surface area contributed by atoms with Gasteiger partial charge in [-0.15, -0.1) is 5.46 Å². The molecule has 0 aromatic heterocycles. The van der Waals surface area contributed by atoms with Gasteiger partial charge in [0.1, 0.15) is 0 Å². The van der Waals surface area contributed by atoms with Crippen molar-refractivity contribution in [2.75, 3.05) is 6.61 Å². The quantitative estimate of drug-likeness (QED) is 0.629. The predicted octanol–water partition coefficient (Wildman–Crippen LogP) is 1.81. The van der Waals surface area contributed by atoms with Crippen molar-refractivity contribution in [2.24, 2.45) is 0 Å². The van der Waals surface area contributed by atoms with Gasteiger partial charge >= 0.3 is 6.98 Å². The van der Waals surface area contributed by atoms with Crippen molar-refractivity contribution in [3.8, 4) is 0 Å². The molecule has 2 rings (SSSR count). The molecular weight excluding hydrogens is 192 g/mol. The highest BCUT2D eigenvalue weighted by Gasteiger charge is 2.29. The maximum absolute atomic E-state index is 12.6. The molecule has 76 valence electrons. The fourth-order valence-corrected chi connectivity index (χ4v) is 1.76. The first-order chi connectivity index (χ1) is 6.59. The fourth-order valence-electron chi connectivity index (χ4n) is 1.76. The Kier molecular flexibility index (Phi) is 2.27. The summed E-state index contributed by atoms with van der Waals surface area (Å²) in [4.78, 5) is 0. The molecule has 0 aliphatic carbocycles. The molecule has 1 aliphatic heterocycles. The normalized spacial score (nSPS) is 16.5. The minimum Gasteiger partial charge on any atom is -0.445 e. The van der Waals surface area contributed by atoms with Gasteiger partial charge in [-0.3, -0.25) is 0 Å². The van der Waals surface area contributed by atoms with Crippen molar-refractivity contribution < 1.29 is 17.7 Å². The average molecular weight is 201 g/mol. The van der Waals surface area contributed by atoms with Crippen molar-refractivity contribution >= 4 is 12.4 Å². The van der Waals surface area contributed by atoms with E-state index in [9.17, 15) is 12.9 Å². The second-order valence-corrected chi connectivity index (χ2v) is 3.36. The summed E-state index contributed by atoms with van der Waals surface area (Å²) < 4.78 is 42.9. The van der Waals surface area contributed by atoms with E-state index in [2.05, 4.69) is 0 Å². The molecule has 0 saturated heterocycles. The Morgan fingerprint density at radius 2 is 2.00 bits per heavy atom. The first kappa shape index (κ1) is 9.58. The predicted molar refractivity (Wildman–Crippen MR) is 48.5 cm³/mol. The fraction of sp³-hybridized carbons (Fsp3) is 0.333. The SMILES string of the molecule is F[B-](F)(F)c1cccc2c1CCOC2. The molecular formula is C9H9BF3O-. The summed E-state index contributed by atoms with van der Waals surface area (Å²) in [6.07, 6.45) is 0.368. The van der Waals surface area contributed by atoms with Crippen molar-refractivity contribution in [3.05, 3.63) is 29.3 Å². The van der Waals surface area contributed by atoms with Crippen LogP contribution in [-0.2, 0) is 17.8 Å². The molecule has 0 amide bonds. The molecule has 0 N–H and O–H groups in total. The second-order valence-electron chi connectivity index (χ2n) is 3.36. The van der Waals surface area contributed by atoms with E-state index >= 15 is 0 Å². The third-order valence-electron chi connectivity index (χ3n) is 2.42. The van der Waals surface area contributed by atoms with E-state index in [0.717, 1.165) is 6.07 Å². The van der Waals surface area contributed by atoms with Crippen molar-refractivity contribution in [2.45, 2.75) is 13.0 Å². The molecule has 0 fully saturated rings. The monoisotopic (exact) mass is 201 g/mol. The Hall–Kier alpha value is -0.965. The average Bonchev–Trinajstić information content (AvgIpc) is 2.15. The summed E-state index contributed by atoms with van der Waals surface area (Å²) >= 11 is 0. The van der Waals surface area contributed by atoms with Gasteiger partial charge in [0.15, 0.2) is 0 Å². The van der Waals surface area contributed by atoms with Crippen LogP contribution in [0.1, 0.15) is 11.1 Å². The molecule has 0 atom stereocenters. The highest BCUT2D eigenvalue weighted by molar-refractivity contribution is 6.74. The highest BCUT2D eigenvalue weighted by Crippen LogP contribution is 2.19. The lowest BCUT2D eigenvalue weighted by Gasteiger charge is -2.25. The third kappa shape index (κ3) is 1.64. The molecule has 1 aromatic rings. The Bertz CT molecular complexity index is 348. The largest absolute Gasteiger partial charge is 0.509 e. The molecule has 0 bridgehead atoms. The Morgan fingerprint density at radius 1 is 1.21 bits per heavy atom. The first-order valence-electron chi connectivity index (χ1n) is 4.47. The molecule has 1 aliphatic rings. The van der Waals surface area contributed by atoms with Gasteiger partial charge < -0.3 is 17.7 Å². The van der Waals surface area contributed by atoms with Crippen LogP contribution in [0.5, 0.6) is 0 Å². The molecule has 0 spiro atoms. The molecule has 0 unspecified atom stereocenters. The minimum absolute atomic E-state index is 0.301. The van der Waals surface area contributed by atoms with Gasteiger partial charge in [-0.05, 0) is 12.0 Å². The zero-order chi connectivity index (χ0) is 10.2. The summed E-state index contributed by atoms with van der Waals surface area (Å²) in [5.41, 5.74) is 0.644. The smallest absolute Gasteiger partial charge is 0.445 e. The highest BCUT2D eigenvalue weighted by atomic mass is 19.4. The standard InChI is InChI=1S/C9H9BF3O/c11-10(12,13)9-3-1-2-7-6-14-5-4-8(7)9/h1-3H,4-6H2/q-1. The Balaban J connectivity index is 2.51. The summed E-state index contributed by atoms with van der Waals surface area (Å²) in [7, 11) is 0. The van der Waals surface area contributed by atoms with Crippen LogP contribution in [-0.4, -0.2) is 13.6 Å². The van der Waals surface area contributed by atoms with Crippen LogP contribution in [0.2, 0.25) is 0 Å². The van der Waals surface area contributed by atoms with Gasteiger partial charge in [0.2, 0.25) is 0 Å². The van der Waals surface area contributed by atoms with Crippen LogP contribution in [0, 0.1) is 0 Å². The van der Waals surface area contributed by atoms with Crippen LogP contribution in [0.25, 0.3) is 0 Å². The van der Waals surface area contributed by atoms with E-state index in [-0.39, 0.29) is 0 Å². The van der Waals surface area contributed by atoms with E-state index in [0.29, 0.717) is 30.8 Å². The van der Waals surface area contributed by atoms with Gasteiger partial charge in [0, 0.05) is 0 Å². The van der Waals surface area contributed by atoms with E-state index in [1.54, 1.807) is 6.07 Å². The molecule has 14 heavy (non-hydrogen) atoms. The molecule has 0 saturated carbocycles. The number of ether oxygens (including phenoxy) is 1. The summed E-state index contributed by atoms with van der Waals surface area (Å²) in [5.74, 6) is 0. The maximum Gasteiger partial charge on any atom is 0.509 e. The number of fused-ring (bicyclic) bond motifs is 1. The van der Waals surface area contributed by atoms with Crippen LogP contribution in [0.4, 0.5) is 12.9 Å². The summed E-state index contributed by atoms with van der Waals surface area (Å²) in [6, 6.07) is 4.29. The van der Waals surface area contributed by atoms with Gasteiger partial charge in [-0.2, -0.15) is 0 Å². The zero-order valence-electron chi connectivity index (χ0n) is 7.47. The van der Waals surface area contributed by atoms with Gasteiger partial charge in [0.05, 0.1) is 13.2 Å². The van der Waals surface area contributed by atoms with E-state index in [1.165, 1.54) is 6.07 Å². The summed E-state index contributed by atoms with van der Waals surface area (Å²) in [6.45, 7) is -4.20. The van der Waals surface area contributed by atoms with Crippen LogP contribution in [0.15, 0.2) is 18.2 Å². The lowest BCUT2D eigenvalue weighted by Crippen LogP contribution is -2.38. The van der Waals surface area contributed by atoms with Crippen molar-refractivity contribution in [1.82, 2.24) is 0 Å². The molecule has 1 aromatic carbocycles. The number of benzene rings is 1. The number of halogens is 3. The number of hydrogen-bond donors (Lipinski definition) is 0. The topological polar surface area (TPSA) is 9.23 Å². The molecule has 1 nitrogen and oxygen atoms in total. The maximum atomic E-state index is 12.6. The Labute approximate surface area is 79.9 Å². The molecule has 0 radical (unpaired) electrons. The van der Waals surface area contributed by atoms with Gasteiger partial charge in [-0.25, -0.2) is 0 Å². The molecule has 1 heterocycles. The first-order valence-corrected chi connectivity index (χ1v) is 4.47. The van der Waals surface area contributed by atoms with Gasteiger partial charge in [0.25, 0.3) is 0 Å². The van der Waals surface area contributed by atoms with Crippen molar-refractivity contribution in [3.63, 3.8) is 0 Å². The molecule has 5 heteroatoms. The number of rotatable bonds is 1. The van der Waals surface area contributed by atoms with E-state index in [4.69, 9.17) is 4.74 Å². The third-order valence-corrected chi connectivity index (χ3v) is 2.42. The van der Waals surface area contributed by atoms with Crippen molar-refractivity contribution in [1.29, 1.82) is 0 Å². The van der Waals surface area contributed by atoms with Gasteiger partial charge in [-0.1, -0.05) is 23.8 Å². The van der Waals surface area contributed by atoms with Crippen LogP contribution >= 0.6 is 0 Å². The summed E-state index contributed by atoms with van der Waals surface area (Å²) in [5, 5.41) is 0. The van der Waals surface area contributed by atoms with Crippen LogP contribution < -0.4 is 5.46 Å². The second kappa shape index (κ2) is 3.31. The lowest BCUT2D eigenvalue weighted by atomic mass is 9.74. The zero-order valence-corrected chi connectivity index (χ0v) is 7.47. The Morgan fingerprint density at radius 3 is 2.71 bits per heavy atom. The van der Waals surface area contributed by atoms with E-state index in [1.807, 2.05) is 0 Å². The van der Waals surface area contributed by atoms with E-state index < -0.39 is 12.4 Å². The van der Waals surface area contributed by atoms with Crippen LogP contribution in [0.3, 0.4) is 0 Å². The lowest BCUT2D eigenvalue weighted by molar-refractivity contribution is 0.111. The minimum atomic E-state index is -4.89.